The maximum Gasteiger partial charge on any atom is 0.143 e. The van der Waals surface area contributed by atoms with Crippen LogP contribution in [0.5, 0.6) is 5.75 Å². The van der Waals surface area contributed by atoms with Gasteiger partial charge in [-0.25, -0.2) is 10.8 Å². The summed E-state index contributed by atoms with van der Waals surface area (Å²) in [4.78, 5) is 3.93. The van der Waals surface area contributed by atoms with Gasteiger partial charge >= 0.3 is 0 Å². The Kier molecular flexibility index (Phi) is 3.61. The Morgan fingerprint density at radius 1 is 1.69 bits per heavy atom. The summed E-state index contributed by atoms with van der Waals surface area (Å²) in [5, 5.41) is 0. The minimum Gasteiger partial charge on any atom is -0.492 e. The molecule has 0 radical (unpaired) electrons. The molecule has 1 aromatic rings. The molecular formula is C9H11N3O. The average Bonchev–Trinajstić information content (AvgIpc) is 2.19. The average molecular weight is 177 g/mol. The molecule has 0 bridgehead atoms. The van der Waals surface area contributed by atoms with E-state index in [1.165, 1.54) is 0 Å². The Morgan fingerprint density at radius 3 is 3.23 bits per heavy atom. The van der Waals surface area contributed by atoms with Gasteiger partial charge in [0, 0.05) is 18.7 Å². The van der Waals surface area contributed by atoms with Crippen molar-refractivity contribution in [3.63, 3.8) is 0 Å². The lowest BCUT2D eigenvalue weighted by Gasteiger charge is -2.04. The summed E-state index contributed by atoms with van der Waals surface area (Å²) in [5.41, 5.74) is 2.43. The van der Waals surface area contributed by atoms with E-state index in [0.717, 1.165) is 0 Å². The molecule has 0 unspecified atom stereocenters. The number of hydrazine groups is 1. The van der Waals surface area contributed by atoms with Crippen molar-refractivity contribution < 1.29 is 4.74 Å². The smallest absolute Gasteiger partial charge is 0.143 e. The maximum atomic E-state index is 5.31. The van der Waals surface area contributed by atoms with E-state index in [1.54, 1.807) is 18.3 Å². The summed E-state index contributed by atoms with van der Waals surface area (Å²) in [6.45, 7) is 0.504. The standard InChI is InChI=1S/C9H11N3O/c1-2-3-6-13-8-4-5-11-9(7-8)12-10/h1,4-5,7H,3,6,10H2,(H,11,12). The van der Waals surface area contributed by atoms with E-state index in [0.29, 0.717) is 24.6 Å². The fourth-order valence-corrected chi connectivity index (χ4v) is 0.808. The van der Waals surface area contributed by atoms with Gasteiger partial charge < -0.3 is 10.2 Å². The molecule has 0 amide bonds. The number of nitrogens with zero attached hydrogens (tertiary/aromatic N) is 1. The molecule has 0 aliphatic heterocycles. The number of nitrogens with one attached hydrogen (secondary N) is 1. The Hall–Kier alpha value is -1.73. The highest BCUT2D eigenvalue weighted by Gasteiger charge is 1.94. The SMILES string of the molecule is C#CCCOc1ccnc(NN)c1. The van der Waals surface area contributed by atoms with Crippen LogP contribution in [0.3, 0.4) is 0 Å². The Balaban J connectivity index is 2.52. The lowest BCUT2D eigenvalue weighted by Crippen LogP contribution is -2.08. The normalized spacial score (nSPS) is 8.92. The van der Waals surface area contributed by atoms with Crippen molar-refractivity contribution in [1.29, 1.82) is 0 Å². The molecule has 0 aliphatic carbocycles. The van der Waals surface area contributed by atoms with Crippen molar-refractivity contribution in [2.45, 2.75) is 6.42 Å². The maximum absolute atomic E-state index is 5.31. The number of aromatic nitrogens is 1. The van der Waals surface area contributed by atoms with Crippen molar-refractivity contribution >= 4 is 5.82 Å². The van der Waals surface area contributed by atoms with Gasteiger partial charge in [0.1, 0.15) is 11.6 Å². The molecule has 0 saturated heterocycles. The molecule has 13 heavy (non-hydrogen) atoms. The molecule has 0 fully saturated rings. The summed E-state index contributed by atoms with van der Waals surface area (Å²) in [5.74, 6) is 8.93. The molecule has 1 rings (SSSR count). The molecular weight excluding hydrogens is 166 g/mol. The minimum atomic E-state index is 0.504. The molecule has 0 aromatic carbocycles. The fraction of sp³-hybridized carbons (Fsp3) is 0.222. The van der Waals surface area contributed by atoms with Gasteiger partial charge in [-0.05, 0) is 6.07 Å². The monoisotopic (exact) mass is 177 g/mol. The second-order valence-corrected chi connectivity index (χ2v) is 2.32. The second kappa shape index (κ2) is 5.01. The molecule has 4 nitrogen and oxygen atoms in total. The summed E-state index contributed by atoms with van der Waals surface area (Å²) in [6.07, 6.45) is 7.28. The molecule has 1 aromatic heterocycles. The lowest BCUT2D eigenvalue weighted by molar-refractivity contribution is 0.327. The van der Waals surface area contributed by atoms with E-state index in [1.807, 2.05) is 0 Å². The number of anilines is 1. The third kappa shape index (κ3) is 3.01. The summed E-state index contributed by atoms with van der Waals surface area (Å²) >= 11 is 0. The van der Waals surface area contributed by atoms with Gasteiger partial charge in [-0.3, -0.25) is 0 Å². The van der Waals surface area contributed by atoms with Crippen LogP contribution in [0.2, 0.25) is 0 Å². The first-order valence-corrected chi connectivity index (χ1v) is 3.85. The van der Waals surface area contributed by atoms with E-state index >= 15 is 0 Å². The number of ether oxygens (including phenoxy) is 1. The van der Waals surface area contributed by atoms with Crippen LogP contribution in [0.15, 0.2) is 18.3 Å². The molecule has 68 valence electrons. The Labute approximate surface area is 77.1 Å². The number of nitrogen functional groups attached to an aromatic ring is 1. The first kappa shape index (κ1) is 9.36. The summed E-state index contributed by atoms with van der Waals surface area (Å²) in [6, 6.07) is 3.45. The molecule has 0 saturated carbocycles. The van der Waals surface area contributed by atoms with Gasteiger partial charge in [0.15, 0.2) is 0 Å². The van der Waals surface area contributed by atoms with Crippen molar-refractivity contribution in [3.05, 3.63) is 18.3 Å². The Bertz CT molecular complexity index is 306. The van der Waals surface area contributed by atoms with Crippen LogP contribution in [0.4, 0.5) is 5.82 Å². The number of hydrogen-bond donors (Lipinski definition) is 2. The number of rotatable bonds is 4. The predicted octanol–water partition coefficient (Wildman–Crippen LogP) is 0.769. The molecule has 4 heteroatoms. The van der Waals surface area contributed by atoms with Crippen molar-refractivity contribution in [3.8, 4) is 18.1 Å². The van der Waals surface area contributed by atoms with Gasteiger partial charge in [0.25, 0.3) is 0 Å². The zero-order valence-corrected chi connectivity index (χ0v) is 7.16. The number of terminal acetylenes is 1. The third-order valence-electron chi connectivity index (χ3n) is 1.39. The highest BCUT2D eigenvalue weighted by atomic mass is 16.5. The van der Waals surface area contributed by atoms with Crippen LogP contribution in [0.25, 0.3) is 0 Å². The van der Waals surface area contributed by atoms with E-state index in [9.17, 15) is 0 Å². The summed E-state index contributed by atoms with van der Waals surface area (Å²) < 4.78 is 5.31. The lowest BCUT2D eigenvalue weighted by atomic mass is 10.4. The zero-order valence-electron chi connectivity index (χ0n) is 7.16. The van der Waals surface area contributed by atoms with Gasteiger partial charge in [-0.1, -0.05) is 0 Å². The van der Waals surface area contributed by atoms with Crippen LogP contribution < -0.4 is 16.0 Å². The van der Waals surface area contributed by atoms with Gasteiger partial charge in [0.2, 0.25) is 0 Å². The van der Waals surface area contributed by atoms with Crippen molar-refractivity contribution in [2.75, 3.05) is 12.0 Å². The van der Waals surface area contributed by atoms with E-state index < -0.39 is 0 Å². The van der Waals surface area contributed by atoms with E-state index in [-0.39, 0.29) is 0 Å². The first-order valence-electron chi connectivity index (χ1n) is 3.85. The minimum absolute atomic E-state index is 0.504. The van der Waals surface area contributed by atoms with Crippen LogP contribution in [0, 0.1) is 12.3 Å². The van der Waals surface area contributed by atoms with Gasteiger partial charge in [0.05, 0.1) is 6.61 Å². The number of pyridine rings is 1. The van der Waals surface area contributed by atoms with Crippen LogP contribution in [-0.2, 0) is 0 Å². The van der Waals surface area contributed by atoms with Crippen LogP contribution in [0.1, 0.15) is 6.42 Å². The van der Waals surface area contributed by atoms with Crippen molar-refractivity contribution in [2.24, 2.45) is 5.84 Å². The quantitative estimate of drug-likeness (QED) is 0.308. The molecule has 0 spiro atoms. The van der Waals surface area contributed by atoms with Crippen LogP contribution >= 0.6 is 0 Å². The van der Waals surface area contributed by atoms with Gasteiger partial charge in [-0.15, -0.1) is 12.3 Å². The second-order valence-electron chi connectivity index (χ2n) is 2.32. The largest absolute Gasteiger partial charge is 0.492 e. The molecule has 0 aliphatic rings. The molecule has 1 heterocycles. The highest BCUT2D eigenvalue weighted by Crippen LogP contribution is 2.13. The predicted molar refractivity (Wildman–Crippen MR) is 51.0 cm³/mol. The summed E-state index contributed by atoms with van der Waals surface area (Å²) in [7, 11) is 0. The van der Waals surface area contributed by atoms with Crippen molar-refractivity contribution in [1.82, 2.24) is 4.98 Å². The third-order valence-corrected chi connectivity index (χ3v) is 1.39. The number of nitrogens with two attached hydrogens (primary N) is 1. The first-order chi connectivity index (χ1) is 6.36. The van der Waals surface area contributed by atoms with E-state index in [2.05, 4.69) is 16.3 Å². The number of hydrogen-bond acceptors (Lipinski definition) is 4. The Morgan fingerprint density at radius 2 is 2.54 bits per heavy atom. The van der Waals surface area contributed by atoms with Crippen LogP contribution in [-0.4, -0.2) is 11.6 Å². The zero-order chi connectivity index (χ0) is 9.52. The molecule has 3 N–H and O–H groups in total. The highest BCUT2D eigenvalue weighted by molar-refractivity contribution is 5.39. The van der Waals surface area contributed by atoms with Gasteiger partial charge in [-0.2, -0.15) is 0 Å². The van der Waals surface area contributed by atoms with E-state index in [4.69, 9.17) is 17.0 Å². The fourth-order valence-electron chi connectivity index (χ4n) is 0.808. The molecule has 0 atom stereocenters. The topological polar surface area (TPSA) is 60.2 Å².